The molecule has 0 saturated heterocycles. The SMILES string of the molecule is C1=CC(c2ccccc2)(c2ccsc2)Cc2[nH]nc(-n3cnnn3)c21. The van der Waals surface area contributed by atoms with E-state index in [9.17, 15) is 0 Å². The summed E-state index contributed by atoms with van der Waals surface area (Å²) >= 11 is 1.72. The number of rotatable bonds is 3. The number of aromatic nitrogens is 6. The van der Waals surface area contributed by atoms with Gasteiger partial charge >= 0.3 is 0 Å². The van der Waals surface area contributed by atoms with Crippen molar-refractivity contribution in [2.75, 3.05) is 0 Å². The van der Waals surface area contributed by atoms with Crippen LogP contribution < -0.4 is 0 Å². The van der Waals surface area contributed by atoms with Gasteiger partial charge in [0.1, 0.15) is 6.33 Å². The second-order valence-corrected chi connectivity index (χ2v) is 6.83. The van der Waals surface area contributed by atoms with Gasteiger partial charge in [-0.2, -0.15) is 21.1 Å². The molecule has 0 amide bonds. The first-order valence-electron chi connectivity index (χ1n) is 7.95. The smallest absolute Gasteiger partial charge is 0.185 e. The topological polar surface area (TPSA) is 72.3 Å². The molecule has 0 aliphatic heterocycles. The summed E-state index contributed by atoms with van der Waals surface area (Å²) in [5.74, 6) is 0.725. The van der Waals surface area contributed by atoms with E-state index in [1.54, 1.807) is 22.3 Å². The Morgan fingerprint density at radius 1 is 1.12 bits per heavy atom. The van der Waals surface area contributed by atoms with Crippen LogP contribution >= 0.6 is 11.3 Å². The Morgan fingerprint density at radius 3 is 2.80 bits per heavy atom. The van der Waals surface area contributed by atoms with Gasteiger partial charge in [-0.3, -0.25) is 5.10 Å². The molecule has 7 heteroatoms. The number of nitrogens with zero attached hydrogens (tertiary/aromatic N) is 5. The predicted octanol–water partition coefficient (Wildman–Crippen LogP) is 3.00. The molecule has 6 nitrogen and oxygen atoms in total. The van der Waals surface area contributed by atoms with E-state index in [1.165, 1.54) is 11.1 Å². The highest BCUT2D eigenvalue weighted by Crippen LogP contribution is 2.42. The van der Waals surface area contributed by atoms with E-state index < -0.39 is 0 Å². The lowest BCUT2D eigenvalue weighted by molar-refractivity contribution is 0.623. The van der Waals surface area contributed by atoms with Crippen LogP contribution in [0, 0.1) is 0 Å². The molecular weight excluding hydrogens is 332 g/mol. The molecule has 0 saturated carbocycles. The van der Waals surface area contributed by atoms with E-state index in [0.717, 1.165) is 23.5 Å². The molecule has 1 atom stereocenters. The summed E-state index contributed by atoms with van der Waals surface area (Å²) in [6.07, 6.45) is 6.77. The number of tetrazole rings is 1. The third-order valence-corrected chi connectivity index (χ3v) is 5.43. The molecule has 1 N–H and O–H groups in total. The number of aromatic amines is 1. The molecule has 1 aliphatic carbocycles. The zero-order valence-electron chi connectivity index (χ0n) is 13.2. The molecule has 0 fully saturated rings. The normalized spacial score (nSPS) is 19.0. The van der Waals surface area contributed by atoms with Crippen LogP contribution in [0.15, 0.2) is 59.6 Å². The Morgan fingerprint density at radius 2 is 2.04 bits per heavy atom. The molecule has 122 valence electrons. The molecule has 1 aliphatic rings. The van der Waals surface area contributed by atoms with E-state index in [4.69, 9.17) is 0 Å². The largest absolute Gasteiger partial charge is 0.280 e. The van der Waals surface area contributed by atoms with Crippen LogP contribution in [0.25, 0.3) is 11.9 Å². The first kappa shape index (κ1) is 14.3. The molecular formula is C18H14N6S. The second kappa shape index (κ2) is 5.49. The van der Waals surface area contributed by atoms with Gasteiger partial charge in [-0.15, -0.1) is 5.10 Å². The monoisotopic (exact) mass is 346 g/mol. The van der Waals surface area contributed by atoms with Gasteiger partial charge in [0.15, 0.2) is 5.82 Å². The molecule has 3 heterocycles. The lowest BCUT2D eigenvalue weighted by Crippen LogP contribution is -2.30. The summed E-state index contributed by atoms with van der Waals surface area (Å²) < 4.78 is 1.58. The average Bonchev–Trinajstić information content (AvgIpc) is 3.42. The van der Waals surface area contributed by atoms with Crippen molar-refractivity contribution in [3.8, 4) is 5.82 Å². The Labute approximate surface area is 147 Å². The third-order valence-electron chi connectivity index (χ3n) is 4.74. The van der Waals surface area contributed by atoms with Crippen molar-refractivity contribution in [2.45, 2.75) is 11.8 Å². The number of benzene rings is 1. The average molecular weight is 346 g/mol. The molecule has 1 aromatic carbocycles. The fourth-order valence-corrected chi connectivity index (χ4v) is 4.24. The minimum absolute atomic E-state index is 0.196. The van der Waals surface area contributed by atoms with Gasteiger partial charge in [-0.05, 0) is 38.4 Å². The number of nitrogens with one attached hydrogen (secondary N) is 1. The Hall–Kier alpha value is -3.06. The zero-order valence-corrected chi connectivity index (χ0v) is 14.0. The third kappa shape index (κ3) is 2.16. The number of allylic oxidation sites excluding steroid dienone is 1. The van der Waals surface area contributed by atoms with Crippen molar-refractivity contribution < 1.29 is 0 Å². The molecule has 4 aromatic rings. The number of hydrogen-bond donors (Lipinski definition) is 1. The van der Waals surface area contributed by atoms with Crippen molar-refractivity contribution in [1.82, 2.24) is 30.4 Å². The Kier molecular flexibility index (Phi) is 3.14. The standard InChI is InChI=1S/C18H14N6S/c1-2-4-13(5-3-1)18(14-7-9-25-11-14)8-6-15-16(10-18)20-21-17(15)24-12-19-22-23-24/h1-9,11-12H,10H2,(H,20,21). The Bertz CT molecular complexity index is 1020. The van der Waals surface area contributed by atoms with Gasteiger partial charge in [0.05, 0.1) is 0 Å². The van der Waals surface area contributed by atoms with Crippen LogP contribution in [-0.2, 0) is 11.8 Å². The van der Waals surface area contributed by atoms with Crippen molar-refractivity contribution in [2.24, 2.45) is 0 Å². The fraction of sp³-hybridized carbons (Fsp3) is 0.111. The minimum Gasteiger partial charge on any atom is -0.280 e. The fourth-order valence-electron chi connectivity index (χ4n) is 3.50. The van der Waals surface area contributed by atoms with Gasteiger partial charge < -0.3 is 0 Å². The summed E-state index contributed by atoms with van der Waals surface area (Å²) in [7, 11) is 0. The maximum atomic E-state index is 4.43. The van der Waals surface area contributed by atoms with Crippen molar-refractivity contribution in [3.63, 3.8) is 0 Å². The van der Waals surface area contributed by atoms with E-state index in [1.807, 2.05) is 0 Å². The van der Waals surface area contributed by atoms with E-state index in [-0.39, 0.29) is 5.41 Å². The minimum atomic E-state index is -0.196. The van der Waals surface area contributed by atoms with Crippen molar-refractivity contribution >= 4 is 17.4 Å². The highest BCUT2D eigenvalue weighted by molar-refractivity contribution is 7.08. The van der Waals surface area contributed by atoms with Gasteiger partial charge in [-0.25, -0.2) is 0 Å². The lowest BCUT2D eigenvalue weighted by atomic mass is 9.69. The van der Waals surface area contributed by atoms with Gasteiger partial charge in [0.25, 0.3) is 0 Å². The van der Waals surface area contributed by atoms with Crippen LogP contribution in [0.5, 0.6) is 0 Å². The Balaban J connectivity index is 1.66. The van der Waals surface area contributed by atoms with Gasteiger partial charge in [-0.1, -0.05) is 42.5 Å². The summed E-state index contributed by atoms with van der Waals surface area (Å²) in [4.78, 5) is 0. The number of thiophene rings is 1. The molecule has 0 spiro atoms. The first-order valence-corrected chi connectivity index (χ1v) is 8.89. The van der Waals surface area contributed by atoms with E-state index in [2.05, 4.69) is 85.0 Å². The molecule has 0 radical (unpaired) electrons. The second-order valence-electron chi connectivity index (χ2n) is 6.05. The number of H-pyrrole nitrogens is 1. The van der Waals surface area contributed by atoms with Crippen LogP contribution in [0.4, 0.5) is 0 Å². The molecule has 25 heavy (non-hydrogen) atoms. The quantitative estimate of drug-likeness (QED) is 0.619. The van der Waals surface area contributed by atoms with E-state index in [0.29, 0.717) is 0 Å². The highest BCUT2D eigenvalue weighted by atomic mass is 32.1. The molecule has 1 unspecified atom stereocenters. The lowest BCUT2D eigenvalue weighted by Gasteiger charge is -2.33. The van der Waals surface area contributed by atoms with Gasteiger partial charge in [0, 0.05) is 23.1 Å². The first-order chi connectivity index (χ1) is 12.4. The van der Waals surface area contributed by atoms with Crippen LogP contribution in [0.2, 0.25) is 0 Å². The molecule has 0 bridgehead atoms. The van der Waals surface area contributed by atoms with Crippen LogP contribution in [0.3, 0.4) is 0 Å². The summed E-state index contributed by atoms with van der Waals surface area (Å²) in [6.45, 7) is 0. The molecule has 5 rings (SSSR count). The van der Waals surface area contributed by atoms with E-state index >= 15 is 0 Å². The summed E-state index contributed by atoms with van der Waals surface area (Å²) in [5.41, 5.74) is 4.49. The number of hydrogen-bond acceptors (Lipinski definition) is 5. The summed E-state index contributed by atoms with van der Waals surface area (Å²) in [5, 5.41) is 23.3. The maximum absolute atomic E-state index is 4.43. The summed E-state index contributed by atoms with van der Waals surface area (Å²) in [6, 6.07) is 12.8. The highest BCUT2D eigenvalue weighted by Gasteiger charge is 2.37. The van der Waals surface area contributed by atoms with Crippen LogP contribution in [-0.4, -0.2) is 30.4 Å². The van der Waals surface area contributed by atoms with Gasteiger partial charge in [0.2, 0.25) is 0 Å². The van der Waals surface area contributed by atoms with Crippen LogP contribution in [0.1, 0.15) is 22.4 Å². The maximum Gasteiger partial charge on any atom is 0.185 e. The number of fused-ring (bicyclic) bond motifs is 1. The molecule has 3 aromatic heterocycles. The zero-order chi connectivity index (χ0) is 16.7. The van der Waals surface area contributed by atoms with Crippen molar-refractivity contribution in [1.29, 1.82) is 0 Å². The van der Waals surface area contributed by atoms with Crippen molar-refractivity contribution in [3.05, 3.63) is 81.9 Å². The predicted molar refractivity (Wildman–Crippen MR) is 95.6 cm³/mol.